The van der Waals surface area contributed by atoms with Gasteiger partial charge in [0.2, 0.25) is 0 Å². The smallest absolute Gasteiger partial charge is 0.255 e. The van der Waals surface area contributed by atoms with Gasteiger partial charge in [-0.3, -0.25) is 4.79 Å². The number of carbonyl (C=O) groups excluding carboxylic acids is 1. The van der Waals surface area contributed by atoms with Gasteiger partial charge < -0.3 is 14.8 Å². The molecule has 21 heavy (non-hydrogen) atoms. The third-order valence-electron chi connectivity index (χ3n) is 2.73. The largest absolute Gasteiger partial charge is 0.497 e. The number of methoxy groups -OCH3 is 2. The summed E-state index contributed by atoms with van der Waals surface area (Å²) in [6.45, 7) is 0. The summed E-state index contributed by atoms with van der Waals surface area (Å²) in [4.78, 5) is 12.3. The fourth-order valence-electron chi connectivity index (χ4n) is 1.77. The Morgan fingerprint density at radius 2 is 1.43 bits per heavy atom. The molecule has 4 nitrogen and oxygen atoms in total. The van der Waals surface area contributed by atoms with Gasteiger partial charge in [-0.15, -0.1) is 0 Å². The first-order chi connectivity index (χ1) is 10.0. The normalized spacial score (nSPS) is 10.1. The summed E-state index contributed by atoms with van der Waals surface area (Å²) in [6, 6.07) is 9.74. The van der Waals surface area contributed by atoms with E-state index in [1.807, 2.05) is 0 Å². The van der Waals surface area contributed by atoms with Gasteiger partial charge in [0.05, 0.1) is 14.2 Å². The van der Waals surface area contributed by atoms with Crippen LogP contribution in [0.1, 0.15) is 10.4 Å². The van der Waals surface area contributed by atoms with Crippen LogP contribution in [0.25, 0.3) is 0 Å². The van der Waals surface area contributed by atoms with E-state index in [1.165, 1.54) is 14.2 Å². The molecule has 0 saturated heterocycles. The van der Waals surface area contributed by atoms with E-state index in [2.05, 4.69) is 5.32 Å². The Morgan fingerprint density at radius 1 is 0.905 bits per heavy atom. The molecular formula is C15H13Cl2NO3. The molecule has 0 aromatic heterocycles. The number of benzene rings is 2. The van der Waals surface area contributed by atoms with Gasteiger partial charge in [0.15, 0.2) is 0 Å². The molecule has 0 spiro atoms. The third kappa shape index (κ3) is 4.03. The third-order valence-corrected chi connectivity index (χ3v) is 3.17. The Kier molecular flexibility index (Phi) is 4.94. The Bertz CT molecular complexity index is 631. The molecule has 0 heterocycles. The molecule has 0 saturated carbocycles. The Hall–Kier alpha value is -1.91. The summed E-state index contributed by atoms with van der Waals surface area (Å²) in [5.41, 5.74) is 0.918. The van der Waals surface area contributed by atoms with E-state index < -0.39 is 0 Å². The van der Waals surface area contributed by atoms with E-state index in [-0.39, 0.29) is 5.91 Å². The van der Waals surface area contributed by atoms with Crippen molar-refractivity contribution < 1.29 is 14.3 Å². The van der Waals surface area contributed by atoms with E-state index in [0.29, 0.717) is 32.8 Å². The zero-order valence-electron chi connectivity index (χ0n) is 11.4. The topological polar surface area (TPSA) is 47.6 Å². The minimum atomic E-state index is -0.314. The molecule has 0 aliphatic heterocycles. The second-order valence-electron chi connectivity index (χ2n) is 4.21. The van der Waals surface area contributed by atoms with Gasteiger partial charge in [0, 0.05) is 27.4 Å². The van der Waals surface area contributed by atoms with Gasteiger partial charge in [-0.2, -0.15) is 0 Å². The average Bonchev–Trinajstić information content (AvgIpc) is 2.45. The maximum Gasteiger partial charge on any atom is 0.255 e. The van der Waals surface area contributed by atoms with Crippen molar-refractivity contribution in [1.82, 2.24) is 0 Å². The number of hydrogen-bond donors (Lipinski definition) is 1. The highest BCUT2D eigenvalue weighted by molar-refractivity contribution is 6.35. The summed E-state index contributed by atoms with van der Waals surface area (Å²) in [6.07, 6.45) is 0. The van der Waals surface area contributed by atoms with Crippen LogP contribution < -0.4 is 14.8 Å². The van der Waals surface area contributed by atoms with E-state index in [1.54, 1.807) is 36.4 Å². The summed E-state index contributed by atoms with van der Waals surface area (Å²) in [5.74, 6) is 0.748. The van der Waals surface area contributed by atoms with Gasteiger partial charge in [-0.1, -0.05) is 23.2 Å². The zero-order valence-corrected chi connectivity index (χ0v) is 13.0. The highest BCUT2D eigenvalue weighted by Gasteiger charge is 2.11. The summed E-state index contributed by atoms with van der Waals surface area (Å²) in [7, 11) is 3.04. The number of hydrogen-bond acceptors (Lipinski definition) is 3. The van der Waals surface area contributed by atoms with Crippen LogP contribution >= 0.6 is 23.2 Å². The summed E-state index contributed by atoms with van der Waals surface area (Å²) in [5, 5.41) is 3.61. The van der Waals surface area contributed by atoms with Gasteiger partial charge in [-0.05, 0) is 30.3 Å². The summed E-state index contributed by atoms with van der Waals surface area (Å²) < 4.78 is 10.3. The number of halogens is 2. The maximum absolute atomic E-state index is 12.3. The van der Waals surface area contributed by atoms with E-state index in [0.717, 1.165) is 0 Å². The second kappa shape index (κ2) is 6.70. The van der Waals surface area contributed by atoms with E-state index in [9.17, 15) is 4.79 Å². The van der Waals surface area contributed by atoms with Crippen LogP contribution in [0.15, 0.2) is 36.4 Å². The molecule has 0 fully saturated rings. The molecule has 0 aliphatic carbocycles. The lowest BCUT2D eigenvalue weighted by Gasteiger charge is -2.10. The Morgan fingerprint density at radius 3 is 1.90 bits per heavy atom. The van der Waals surface area contributed by atoms with Crippen LogP contribution in [-0.2, 0) is 0 Å². The van der Waals surface area contributed by atoms with Crippen molar-refractivity contribution in [3.63, 3.8) is 0 Å². The number of ether oxygens (including phenoxy) is 2. The quantitative estimate of drug-likeness (QED) is 0.913. The zero-order chi connectivity index (χ0) is 15.4. The van der Waals surface area contributed by atoms with Crippen molar-refractivity contribution >= 4 is 34.8 Å². The molecule has 1 N–H and O–H groups in total. The van der Waals surface area contributed by atoms with Crippen LogP contribution in [0.3, 0.4) is 0 Å². The van der Waals surface area contributed by atoms with Crippen LogP contribution in [0, 0.1) is 0 Å². The minimum Gasteiger partial charge on any atom is -0.497 e. The van der Waals surface area contributed by atoms with Gasteiger partial charge in [-0.25, -0.2) is 0 Å². The molecule has 0 radical (unpaired) electrons. The van der Waals surface area contributed by atoms with Gasteiger partial charge in [0.1, 0.15) is 11.5 Å². The molecule has 0 atom stereocenters. The molecule has 1 amide bonds. The minimum absolute atomic E-state index is 0.314. The Balaban J connectivity index is 2.27. The number of anilines is 1. The van der Waals surface area contributed by atoms with E-state index >= 15 is 0 Å². The summed E-state index contributed by atoms with van der Waals surface area (Å²) >= 11 is 11.8. The number of carbonyl (C=O) groups is 1. The second-order valence-corrected chi connectivity index (χ2v) is 5.09. The molecule has 2 aromatic carbocycles. The molecule has 110 valence electrons. The van der Waals surface area contributed by atoms with Crippen molar-refractivity contribution in [3.05, 3.63) is 52.0 Å². The lowest BCUT2D eigenvalue weighted by atomic mass is 10.2. The van der Waals surface area contributed by atoms with Crippen molar-refractivity contribution in [1.29, 1.82) is 0 Å². The lowest BCUT2D eigenvalue weighted by molar-refractivity contribution is 0.102. The number of nitrogens with one attached hydrogen (secondary N) is 1. The predicted octanol–water partition coefficient (Wildman–Crippen LogP) is 4.26. The highest BCUT2D eigenvalue weighted by atomic mass is 35.5. The molecule has 6 heteroatoms. The molecule has 0 aliphatic rings. The molecular weight excluding hydrogens is 313 g/mol. The van der Waals surface area contributed by atoms with Crippen LogP contribution in [-0.4, -0.2) is 20.1 Å². The molecule has 0 unspecified atom stereocenters. The maximum atomic E-state index is 12.3. The first-order valence-electron chi connectivity index (χ1n) is 6.02. The lowest BCUT2D eigenvalue weighted by Crippen LogP contribution is -2.12. The molecule has 2 aromatic rings. The number of amides is 1. The van der Waals surface area contributed by atoms with E-state index in [4.69, 9.17) is 32.7 Å². The SMILES string of the molecule is COc1cc(OC)cc(C(=O)Nc2cc(Cl)cc(Cl)c2)c1. The van der Waals surface area contributed by atoms with Crippen molar-refractivity contribution in [3.8, 4) is 11.5 Å². The fraction of sp³-hybridized carbons (Fsp3) is 0.133. The van der Waals surface area contributed by atoms with Crippen molar-refractivity contribution in [2.24, 2.45) is 0 Å². The highest BCUT2D eigenvalue weighted by Crippen LogP contribution is 2.25. The standard InChI is InChI=1S/C15H13Cl2NO3/c1-20-13-3-9(4-14(8-13)21-2)15(19)18-12-6-10(16)5-11(17)7-12/h3-8H,1-2H3,(H,18,19). The molecule has 2 rings (SSSR count). The van der Waals surface area contributed by atoms with Crippen molar-refractivity contribution in [2.75, 3.05) is 19.5 Å². The predicted molar refractivity (Wildman–Crippen MR) is 84.0 cm³/mol. The number of rotatable bonds is 4. The van der Waals surface area contributed by atoms with Crippen LogP contribution in [0.5, 0.6) is 11.5 Å². The average molecular weight is 326 g/mol. The van der Waals surface area contributed by atoms with Crippen LogP contribution in [0.2, 0.25) is 10.0 Å². The molecule has 0 bridgehead atoms. The van der Waals surface area contributed by atoms with Crippen LogP contribution in [0.4, 0.5) is 5.69 Å². The van der Waals surface area contributed by atoms with Gasteiger partial charge >= 0.3 is 0 Å². The first kappa shape index (κ1) is 15.5. The van der Waals surface area contributed by atoms with Crippen molar-refractivity contribution in [2.45, 2.75) is 0 Å². The monoisotopic (exact) mass is 325 g/mol. The fourth-order valence-corrected chi connectivity index (χ4v) is 2.29. The Labute approximate surface area is 132 Å². The first-order valence-corrected chi connectivity index (χ1v) is 6.78. The van der Waals surface area contributed by atoms with Gasteiger partial charge in [0.25, 0.3) is 5.91 Å².